The summed E-state index contributed by atoms with van der Waals surface area (Å²) >= 11 is 0. The molecule has 96 valence electrons. The Labute approximate surface area is 105 Å². The van der Waals surface area contributed by atoms with Crippen molar-refractivity contribution in [2.24, 2.45) is 0 Å². The van der Waals surface area contributed by atoms with Crippen LogP contribution in [0.1, 0.15) is 39.7 Å². The Bertz CT molecular complexity index is 345. The fraction of sp³-hybridized carbons (Fsp3) is 0.600. The monoisotopic (exact) mass is 235 g/mol. The minimum Gasteiger partial charge on any atom is -0.496 e. The molecule has 0 saturated heterocycles. The molecule has 0 amide bonds. The summed E-state index contributed by atoms with van der Waals surface area (Å²) in [6.07, 6.45) is 1.10. The zero-order valence-electron chi connectivity index (χ0n) is 11.7. The van der Waals surface area contributed by atoms with Crippen molar-refractivity contribution in [2.75, 3.05) is 13.7 Å². The van der Waals surface area contributed by atoms with E-state index in [1.807, 2.05) is 12.1 Å². The van der Waals surface area contributed by atoms with Crippen LogP contribution in [-0.2, 0) is 5.41 Å². The fourth-order valence-electron chi connectivity index (χ4n) is 2.01. The molecule has 0 aliphatic rings. The summed E-state index contributed by atoms with van der Waals surface area (Å²) < 4.78 is 5.44. The summed E-state index contributed by atoms with van der Waals surface area (Å²) in [6, 6.07) is 8.84. The van der Waals surface area contributed by atoms with E-state index in [4.69, 9.17) is 4.74 Å². The maximum Gasteiger partial charge on any atom is 0.122 e. The SMILES string of the molecule is COc1ccccc1C(C)(C)CCNC(C)C. The molecule has 0 radical (unpaired) electrons. The quantitative estimate of drug-likeness (QED) is 0.816. The normalized spacial score (nSPS) is 11.9. The first-order valence-corrected chi connectivity index (χ1v) is 6.34. The Morgan fingerprint density at radius 2 is 1.88 bits per heavy atom. The van der Waals surface area contributed by atoms with Gasteiger partial charge in [0.1, 0.15) is 5.75 Å². The van der Waals surface area contributed by atoms with Gasteiger partial charge >= 0.3 is 0 Å². The highest BCUT2D eigenvalue weighted by atomic mass is 16.5. The first-order valence-electron chi connectivity index (χ1n) is 6.34. The molecular weight excluding hydrogens is 210 g/mol. The van der Waals surface area contributed by atoms with Gasteiger partial charge in [-0.1, -0.05) is 45.9 Å². The van der Waals surface area contributed by atoms with Crippen molar-refractivity contribution in [3.8, 4) is 5.75 Å². The lowest BCUT2D eigenvalue weighted by molar-refractivity contribution is 0.379. The second-order valence-corrected chi connectivity index (χ2v) is 5.44. The molecule has 2 heteroatoms. The molecule has 0 aliphatic heterocycles. The first kappa shape index (κ1) is 14.0. The Kier molecular flexibility index (Phi) is 5.01. The van der Waals surface area contributed by atoms with Gasteiger partial charge in [-0.2, -0.15) is 0 Å². The molecule has 1 N–H and O–H groups in total. The van der Waals surface area contributed by atoms with Gasteiger partial charge in [-0.05, 0) is 30.0 Å². The summed E-state index contributed by atoms with van der Waals surface area (Å²) in [5.74, 6) is 0.988. The topological polar surface area (TPSA) is 21.3 Å². The van der Waals surface area contributed by atoms with Gasteiger partial charge in [-0.3, -0.25) is 0 Å². The van der Waals surface area contributed by atoms with Crippen LogP contribution in [0.4, 0.5) is 0 Å². The molecule has 2 nitrogen and oxygen atoms in total. The molecule has 17 heavy (non-hydrogen) atoms. The van der Waals surface area contributed by atoms with Gasteiger partial charge in [0.25, 0.3) is 0 Å². The number of methoxy groups -OCH3 is 1. The van der Waals surface area contributed by atoms with Gasteiger partial charge in [0.15, 0.2) is 0 Å². The van der Waals surface area contributed by atoms with Crippen molar-refractivity contribution >= 4 is 0 Å². The molecule has 0 bridgehead atoms. The predicted molar refractivity (Wildman–Crippen MR) is 73.8 cm³/mol. The van der Waals surface area contributed by atoms with Crippen molar-refractivity contribution in [1.82, 2.24) is 5.32 Å². The molecule has 0 aromatic heterocycles. The smallest absolute Gasteiger partial charge is 0.122 e. The molecule has 0 saturated carbocycles. The third-order valence-electron chi connectivity index (χ3n) is 3.14. The average Bonchev–Trinajstić information content (AvgIpc) is 2.28. The summed E-state index contributed by atoms with van der Waals surface area (Å²) in [5, 5.41) is 3.47. The van der Waals surface area contributed by atoms with Gasteiger partial charge < -0.3 is 10.1 Å². The Balaban J connectivity index is 2.74. The van der Waals surface area contributed by atoms with E-state index in [1.165, 1.54) is 5.56 Å². The highest BCUT2D eigenvalue weighted by molar-refractivity contribution is 5.38. The van der Waals surface area contributed by atoms with E-state index in [-0.39, 0.29) is 5.41 Å². The van der Waals surface area contributed by atoms with Crippen LogP contribution in [0.3, 0.4) is 0 Å². The summed E-state index contributed by atoms with van der Waals surface area (Å²) in [6.45, 7) is 9.93. The third kappa shape index (κ3) is 4.04. The van der Waals surface area contributed by atoms with E-state index < -0.39 is 0 Å². The third-order valence-corrected chi connectivity index (χ3v) is 3.14. The zero-order chi connectivity index (χ0) is 12.9. The molecule has 0 spiro atoms. The molecule has 0 fully saturated rings. The van der Waals surface area contributed by atoms with Crippen LogP contribution in [0.5, 0.6) is 5.75 Å². The standard InChI is InChI=1S/C15H25NO/c1-12(2)16-11-10-15(3,4)13-8-6-7-9-14(13)17-5/h6-9,12,16H,10-11H2,1-5H3. The fourth-order valence-corrected chi connectivity index (χ4v) is 2.01. The first-order chi connectivity index (χ1) is 7.97. The molecule has 0 aliphatic carbocycles. The number of ether oxygens (including phenoxy) is 1. The van der Waals surface area contributed by atoms with Crippen molar-refractivity contribution in [2.45, 2.75) is 45.6 Å². The Hall–Kier alpha value is -1.02. The van der Waals surface area contributed by atoms with Crippen LogP contribution in [0, 0.1) is 0 Å². The van der Waals surface area contributed by atoms with Gasteiger partial charge in [-0.15, -0.1) is 0 Å². The van der Waals surface area contributed by atoms with Gasteiger partial charge in [0.05, 0.1) is 7.11 Å². The van der Waals surface area contributed by atoms with Gasteiger partial charge in [0.2, 0.25) is 0 Å². The van der Waals surface area contributed by atoms with Crippen LogP contribution in [0.25, 0.3) is 0 Å². The highest BCUT2D eigenvalue weighted by Gasteiger charge is 2.23. The molecular formula is C15H25NO. The molecule has 1 aromatic rings. The van der Waals surface area contributed by atoms with Crippen molar-refractivity contribution in [3.63, 3.8) is 0 Å². The van der Waals surface area contributed by atoms with Crippen molar-refractivity contribution in [3.05, 3.63) is 29.8 Å². The maximum absolute atomic E-state index is 5.44. The molecule has 0 unspecified atom stereocenters. The molecule has 1 aromatic carbocycles. The maximum atomic E-state index is 5.44. The lowest BCUT2D eigenvalue weighted by Crippen LogP contribution is -2.29. The summed E-state index contributed by atoms with van der Waals surface area (Å²) in [5.41, 5.74) is 1.42. The van der Waals surface area contributed by atoms with Crippen LogP contribution in [0.2, 0.25) is 0 Å². The number of nitrogens with one attached hydrogen (secondary N) is 1. The Morgan fingerprint density at radius 3 is 2.47 bits per heavy atom. The number of hydrogen-bond acceptors (Lipinski definition) is 2. The molecule has 0 atom stereocenters. The number of rotatable bonds is 6. The van der Waals surface area contributed by atoms with Crippen molar-refractivity contribution in [1.29, 1.82) is 0 Å². The van der Waals surface area contributed by atoms with Crippen LogP contribution >= 0.6 is 0 Å². The summed E-state index contributed by atoms with van der Waals surface area (Å²) in [4.78, 5) is 0. The minimum absolute atomic E-state index is 0.133. The predicted octanol–water partition coefficient (Wildman–Crippen LogP) is 3.36. The second-order valence-electron chi connectivity index (χ2n) is 5.44. The molecule has 0 heterocycles. The number of para-hydroxylation sites is 1. The van der Waals surface area contributed by atoms with Gasteiger partial charge in [0, 0.05) is 6.04 Å². The van der Waals surface area contributed by atoms with Gasteiger partial charge in [-0.25, -0.2) is 0 Å². The van der Waals surface area contributed by atoms with E-state index in [2.05, 4.69) is 45.1 Å². The Morgan fingerprint density at radius 1 is 1.24 bits per heavy atom. The van der Waals surface area contributed by atoms with Crippen molar-refractivity contribution < 1.29 is 4.74 Å². The van der Waals surface area contributed by atoms with Crippen LogP contribution < -0.4 is 10.1 Å². The lowest BCUT2D eigenvalue weighted by atomic mass is 9.81. The van der Waals surface area contributed by atoms with Crippen LogP contribution in [-0.4, -0.2) is 19.7 Å². The largest absolute Gasteiger partial charge is 0.496 e. The highest BCUT2D eigenvalue weighted by Crippen LogP contribution is 2.33. The van der Waals surface area contributed by atoms with E-state index in [1.54, 1.807) is 7.11 Å². The minimum atomic E-state index is 0.133. The van der Waals surface area contributed by atoms with Crippen LogP contribution in [0.15, 0.2) is 24.3 Å². The summed E-state index contributed by atoms with van der Waals surface area (Å²) in [7, 11) is 1.74. The van der Waals surface area contributed by atoms with E-state index in [0.717, 1.165) is 18.7 Å². The van der Waals surface area contributed by atoms with E-state index in [0.29, 0.717) is 6.04 Å². The second kappa shape index (κ2) is 6.06. The van der Waals surface area contributed by atoms with E-state index >= 15 is 0 Å². The number of benzene rings is 1. The number of hydrogen-bond donors (Lipinski definition) is 1. The molecule has 1 rings (SSSR count). The lowest BCUT2D eigenvalue weighted by Gasteiger charge is -2.27. The average molecular weight is 235 g/mol. The zero-order valence-corrected chi connectivity index (χ0v) is 11.7. The van der Waals surface area contributed by atoms with E-state index in [9.17, 15) is 0 Å².